The summed E-state index contributed by atoms with van der Waals surface area (Å²) in [6, 6.07) is 39.8. The summed E-state index contributed by atoms with van der Waals surface area (Å²) in [6.45, 7) is 0. The van der Waals surface area contributed by atoms with Gasteiger partial charge in [-0.15, -0.1) is 0 Å². The van der Waals surface area contributed by atoms with Crippen molar-refractivity contribution in [2.24, 2.45) is 6.49 Å². The van der Waals surface area contributed by atoms with Crippen molar-refractivity contribution < 1.29 is 0 Å². The Hall–Kier alpha value is -2.41. The molecule has 0 saturated carbocycles. The Balaban J connectivity index is 1.85. The minimum atomic E-state index is -4.07. The second kappa shape index (κ2) is 10.3. The first-order valence-corrected chi connectivity index (χ1v) is 17.8. The van der Waals surface area contributed by atoms with Crippen LogP contribution in [0.2, 0.25) is 0 Å². The standard InChI is InChI=1S/C26H20Cl2N2Te/c27-31(28,29-25(21-13-5-1-6-14-21)22-15-7-2-8-16-22)30-26(23-17-9-3-10-18-23)24-19-11-4-12-20-24/h1-20H. The number of benzene rings is 4. The van der Waals surface area contributed by atoms with Crippen LogP contribution in [0.1, 0.15) is 22.3 Å². The maximum absolute atomic E-state index is 6.91. The summed E-state index contributed by atoms with van der Waals surface area (Å²) >= 11 is -4.07. The maximum atomic E-state index is 6.91. The molecule has 154 valence electrons. The molecule has 0 aliphatic carbocycles. The molecular formula is C26H20Cl2N2Te. The molecule has 0 bridgehead atoms. The Kier molecular flexibility index (Phi) is 7.22. The van der Waals surface area contributed by atoms with Crippen LogP contribution < -0.4 is 0 Å². The first kappa shape index (κ1) is 21.8. The normalized spacial score (nSPS) is 11.4. The molecule has 4 aromatic carbocycles. The molecule has 0 aliphatic rings. The zero-order valence-electron chi connectivity index (χ0n) is 16.6. The van der Waals surface area contributed by atoms with E-state index >= 15 is 0 Å². The van der Waals surface area contributed by atoms with Gasteiger partial charge in [0.05, 0.1) is 0 Å². The van der Waals surface area contributed by atoms with Crippen LogP contribution in [0, 0.1) is 0 Å². The summed E-state index contributed by atoms with van der Waals surface area (Å²) in [7, 11) is 13.8. The molecule has 0 unspecified atom stereocenters. The van der Waals surface area contributed by atoms with Gasteiger partial charge in [-0.05, 0) is 0 Å². The summed E-state index contributed by atoms with van der Waals surface area (Å²) in [5, 5.41) is 0. The predicted molar refractivity (Wildman–Crippen MR) is 135 cm³/mol. The Morgan fingerprint density at radius 2 is 0.645 bits per heavy atom. The van der Waals surface area contributed by atoms with Crippen LogP contribution in [0.25, 0.3) is 0 Å². The third kappa shape index (κ3) is 5.85. The van der Waals surface area contributed by atoms with Crippen LogP contribution in [0.4, 0.5) is 0 Å². The summed E-state index contributed by atoms with van der Waals surface area (Å²) in [5.41, 5.74) is 5.36. The Bertz CT molecular complexity index is 999. The van der Waals surface area contributed by atoms with E-state index < -0.39 is 16.5 Å². The van der Waals surface area contributed by atoms with E-state index in [9.17, 15) is 0 Å². The minimum absolute atomic E-state index is 0.761. The van der Waals surface area contributed by atoms with Gasteiger partial charge in [0.2, 0.25) is 0 Å². The third-order valence-electron chi connectivity index (χ3n) is 4.59. The van der Waals surface area contributed by atoms with Crippen molar-refractivity contribution in [2.75, 3.05) is 0 Å². The van der Waals surface area contributed by atoms with Crippen LogP contribution in [-0.2, 0) is 0 Å². The van der Waals surface area contributed by atoms with E-state index in [0.29, 0.717) is 0 Å². The van der Waals surface area contributed by atoms with Gasteiger partial charge in [-0.1, -0.05) is 0 Å². The van der Waals surface area contributed by atoms with Crippen molar-refractivity contribution >= 4 is 45.8 Å². The fraction of sp³-hybridized carbons (Fsp3) is 0. The second-order valence-corrected chi connectivity index (χ2v) is 17.0. The SMILES string of the molecule is Cl[Te](Cl)(N=C(c1ccccc1)c1ccccc1)N=C(c1ccccc1)c1ccccc1. The third-order valence-corrected chi connectivity index (χ3v) is 8.74. The Morgan fingerprint density at radius 1 is 0.419 bits per heavy atom. The number of rotatable bonds is 6. The first-order valence-electron chi connectivity index (χ1n) is 9.76. The summed E-state index contributed by atoms with van der Waals surface area (Å²) in [5.74, 6) is 0. The van der Waals surface area contributed by atoms with Crippen LogP contribution in [-0.4, -0.2) is 27.9 Å². The number of hydrogen-bond donors (Lipinski definition) is 0. The molecule has 0 radical (unpaired) electrons. The van der Waals surface area contributed by atoms with E-state index in [1.165, 1.54) is 0 Å². The number of halogens is 2. The number of hydrogen-bond acceptors (Lipinski definition) is 2. The zero-order chi connectivity index (χ0) is 21.5. The molecule has 0 atom stereocenters. The molecule has 0 fully saturated rings. The van der Waals surface area contributed by atoms with Gasteiger partial charge in [-0.2, -0.15) is 0 Å². The number of nitrogens with zero attached hydrogens (tertiary/aromatic N) is 2. The molecule has 5 heteroatoms. The van der Waals surface area contributed by atoms with Crippen molar-refractivity contribution in [1.29, 1.82) is 0 Å². The molecule has 4 aromatic rings. The average molecular weight is 559 g/mol. The molecule has 0 aromatic heterocycles. The van der Waals surface area contributed by atoms with E-state index in [-0.39, 0.29) is 0 Å². The van der Waals surface area contributed by atoms with Crippen LogP contribution in [0.5, 0.6) is 0 Å². The average Bonchev–Trinajstić information content (AvgIpc) is 2.83. The van der Waals surface area contributed by atoms with Gasteiger partial charge in [0, 0.05) is 0 Å². The molecule has 0 aliphatic heterocycles. The van der Waals surface area contributed by atoms with Crippen molar-refractivity contribution in [3.63, 3.8) is 0 Å². The molecule has 31 heavy (non-hydrogen) atoms. The van der Waals surface area contributed by atoms with Crippen LogP contribution in [0.15, 0.2) is 128 Å². The summed E-state index contributed by atoms with van der Waals surface area (Å²) in [6.07, 6.45) is 0. The van der Waals surface area contributed by atoms with E-state index in [4.69, 9.17) is 24.4 Å². The molecule has 0 amide bonds. The fourth-order valence-electron chi connectivity index (χ4n) is 3.17. The van der Waals surface area contributed by atoms with Gasteiger partial charge in [-0.3, -0.25) is 0 Å². The monoisotopic (exact) mass is 560 g/mol. The predicted octanol–water partition coefficient (Wildman–Crippen LogP) is 6.97. The van der Waals surface area contributed by atoms with Crippen molar-refractivity contribution in [1.82, 2.24) is 0 Å². The van der Waals surface area contributed by atoms with Gasteiger partial charge >= 0.3 is 196 Å². The molecule has 4 rings (SSSR count). The zero-order valence-corrected chi connectivity index (χ0v) is 20.4. The van der Waals surface area contributed by atoms with Gasteiger partial charge in [-0.25, -0.2) is 0 Å². The van der Waals surface area contributed by atoms with Crippen LogP contribution >= 0.6 is 17.9 Å². The first-order chi connectivity index (χ1) is 15.1. The second-order valence-electron chi connectivity index (χ2n) is 6.76. The van der Waals surface area contributed by atoms with Crippen molar-refractivity contribution in [2.45, 2.75) is 0 Å². The molecule has 0 saturated heterocycles. The van der Waals surface area contributed by atoms with Crippen molar-refractivity contribution in [3.05, 3.63) is 144 Å². The summed E-state index contributed by atoms with van der Waals surface area (Å²) < 4.78 is 9.78. The quantitative estimate of drug-likeness (QED) is 0.180. The van der Waals surface area contributed by atoms with Crippen molar-refractivity contribution in [3.8, 4) is 0 Å². The van der Waals surface area contributed by atoms with Gasteiger partial charge < -0.3 is 0 Å². The van der Waals surface area contributed by atoms with E-state index in [1.54, 1.807) is 0 Å². The van der Waals surface area contributed by atoms with Crippen LogP contribution in [0.3, 0.4) is 0 Å². The van der Waals surface area contributed by atoms with Gasteiger partial charge in [0.1, 0.15) is 0 Å². The fourth-order valence-corrected chi connectivity index (χ4v) is 7.59. The van der Waals surface area contributed by atoms with E-state index in [2.05, 4.69) is 0 Å². The molecule has 0 N–H and O–H groups in total. The van der Waals surface area contributed by atoms with E-state index in [0.717, 1.165) is 33.7 Å². The molecule has 0 heterocycles. The topological polar surface area (TPSA) is 24.7 Å². The molecule has 2 nitrogen and oxygen atoms in total. The molecular weight excluding hydrogens is 539 g/mol. The van der Waals surface area contributed by atoms with E-state index in [1.807, 2.05) is 121 Å². The summed E-state index contributed by atoms with van der Waals surface area (Å²) in [4.78, 5) is 0. The molecule has 0 spiro atoms. The van der Waals surface area contributed by atoms with Gasteiger partial charge in [0.15, 0.2) is 0 Å². The Labute approximate surface area is 194 Å². The van der Waals surface area contributed by atoms with Gasteiger partial charge in [0.25, 0.3) is 0 Å². The Morgan fingerprint density at radius 3 is 0.871 bits per heavy atom.